The summed E-state index contributed by atoms with van der Waals surface area (Å²) in [5, 5.41) is 4.43. The first-order valence-electron chi connectivity index (χ1n) is 6.01. The minimum atomic E-state index is 0.604. The van der Waals surface area contributed by atoms with Crippen molar-refractivity contribution in [1.82, 2.24) is 15.0 Å². The predicted molar refractivity (Wildman–Crippen MR) is 74.2 cm³/mol. The summed E-state index contributed by atoms with van der Waals surface area (Å²) >= 11 is 0. The van der Waals surface area contributed by atoms with Crippen LogP contribution < -0.4 is 10.1 Å². The maximum absolute atomic E-state index is 5.22. The van der Waals surface area contributed by atoms with Gasteiger partial charge in [0.2, 0.25) is 5.88 Å². The van der Waals surface area contributed by atoms with Crippen LogP contribution in [0.4, 0.5) is 5.69 Å². The highest BCUT2D eigenvalue weighted by molar-refractivity contribution is 5.94. The van der Waals surface area contributed by atoms with Gasteiger partial charge in [0.25, 0.3) is 0 Å². The van der Waals surface area contributed by atoms with Gasteiger partial charge in [-0.1, -0.05) is 6.07 Å². The Labute approximate surface area is 110 Å². The quantitative estimate of drug-likeness (QED) is 0.751. The van der Waals surface area contributed by atoms with Crippen molar-refractivity contribution in [2.24, 2.45) is 0 Å². The zero-order valence-electron chi connectivity index (χ0n) is 10.6. The Balaban J connectivity index is 1.87. The number of aromatic amines is 1. The third-order valence-electron chi connectivity index (χ3n) is 2.96. The number of pyridine rings is 2. The van der Waals surface area contributed by atoms with Crippen LogP contribution in [0.5, 0.6) is 5.88 Å². The van der Waals surface area contributed by atoms with Crippen LogP contribution in [-0.4, -0.2) is 22.1 Å². The van der Waals surface area contributed by atoms with Gasteiger partial charge in [0.1, 0.15) is 5.52 Å². The van der Waals surface area contributed by atoms with E-state index < -0.39 is 0 Å². The van der Waals surface area contributed by atoms with E-state index in [2.05, 4.69) is 20.3 Å². The molecule has 0 aliphatic heterocycles. The van der Waals surface area contributed by atoms with Crippen molar-refractivity contribution < 1.29 is 4.74 Å². The number of anilines is 1. The second-order valence-electron chi connectivity index (χ2n) is 4.16. The van der Waals surface area contributed by atoms with E-state index in [9.17, 15) is 0 Å². The molecule has 5 heteroatoms. The fraction of sp³-hybridized carbons (Fsp3) is 0.143. The first-order valence-corrected chi connectivity index (χ1v) is 6.01. The molecule has 0 saturated heterocycles. The van der Waals surface area contributed by atoms with Crippen LogP contribution >= 0.6 is 0 Å². The van der Waals surface area contributed by atoms with Crippen LogP contribution in [-0.2, 0) is 6.54 Å². The Bertz CT molecular complexity index is 678. The monoisotopic (exact) mass is 254 g/mol. The van der Waals surface area contributed by atoms with E-state index in [0.29, 0.717) is 12.4 Å². The Morgan fingerprint density at radius 1 is 1.32 bits per heavy atom. The number of H-pyrrole nitrogens is 1. The molecule has 3 aromatic heterocycles. The first-order chi connectivity index (χ1) is 9.38. The Hall–Kier alpha value is -2.56. The SMILES string of the molecule is COc1ncc(NCc2cccnc2)c2cc[nH]c12. The van der Waals surface area contributed by atoms with Crippen LogP contribution in [0.15, 0.2) is 43.0 Å². The topological polar surface area (TPSA) is 62.8 Å². The van der Waals surface area contributed by atoms with Gasteiger partial charge in [-0.25, -0.2) is 4.98 Å². The maximum atomic E-state index is 5.22. The molecule has 0 spiro atoms. The zero-order chi connectivity index (χ0) is 13.1. The number of methoxy groups -OCH3 is 1. The van der Waals surface area contributed by atoms with Crippen LogP contribution in [0.25, 0.3) is 10.9 Å². The third kappa shape index (κ3) is 2.22. The average molecular weight is 254 g/mol. The van der Waals surface area contributed by atoms with E-state index in [4.69, 9.17) is 4.74 Å². The Morgan fingerprint density at radius 2 is 2.26 bits per heavy atom. The van der Waals surface area contributed by atoms with E-state index in [0.717, 1.165) is 22.2 Å². The van der Waals surface area contributed by atoms with Crippen molar-refractivity contribution in [3.63, 3.8) is 0 Å². The van der Waals surface area contributed by atoms with Gasteiger partial charge in [0.05, 0.1) is 19.0 Å². The van der Waals surface area contributed by atoms with Crippen LogP contribution in [0.3, 0.4) is 0 Å². The minimum absolute atomic E-state index is 0.604. The van der Waals surface area contributed by atoms with Gasteiger partial charge < -0.3 is 15.0 Å². The summed E-state index contributed by atoms with van der Waals surface area (Å²) in [5.74, 6) is 0.604. The van der Waals surface area contributed by atoms with E-state index in [1.165, 1.54) is 0 Å². The highest BCUT2D eigenvalue weighted by Gasteiger charge is 2.08. The van der Waals surface area contributed by atoms with Crippen molar-refractivity contribution in [2.45, 2.75) is 6.54 Å². The van der Waals surface area contributed by atoms with Gasteiger partial charge in [-0.15, -0.1) is 0 Å². The molecule has 0 amide bonds. The van der Waals surface area contributed by atoms with E-state index in [1.54, 1.807) is 19.5 Å². The Kier molecular flexibility index (Phi) is 3.02. The number of hydrogen-bond acceptors (Lipinski definition) is 4. The molecular weight excluding hydrogens is 240 g/mol. The first kappa shape index (κ1) is 11.5. The molecule has 0 aliphatic rings. The number of aromatic nitrogens is 3. The lowest BCUT2D eigenvalue weighted by Crippen LogP contribution is -2.01. The predicted octanol–water partition coefficient (Wildman–Crippen LogP) is 2.58. The van der Waals surface area contributed by atoms with Gasteiger partial charge in [-0.05, 0) is 17.7 Å². The molecule has 0 radical (unpaired) electrons. The standard InChI is InChI=1S/C14H14N4O/c1-19-14-13-11(4-6-16-13)12(9-18-14)17-8-10-3-2-5-15-7-10/h2-7,9,16-17H,8H2,1H3. The third-order valence-corrected chi connectivity index (χ3v) is 2.96. The molecule has 3 heterocycles. The van der Waals surface area contributed by atoms with E-state index in [1.807, 2.05) is 30.6 Å². The summed E-state index contributed by atoms with van der Waals surface area (Å²) in [4.78, 5) is 11.5. The summed E-state index contributed by atoms with van der Waals surface area (Å²) in [6.45, 7) is 0.710. The summed E-state index contributed by atoms with van der Waals surface area (Å²) in [7, 11) is 1.62. The molecule has 0 saturated carbocycles. The summed E-state index contributed by atoms with van der Waals surface area (Å²) < 4.78 is 5.22. The van der Waals surface area contributed by atoms with Gasteiger partial charge >= 0.3 is 0 Å². The second kappa shape index (κ2) is 4.97. The molecule has 3 aromatic rings. The fourth-order valence-corrected chi connectivity index (χ4v) is 2.02. The van der Waals surface area contributed by atoms with Crippen molar-refractivity contribution in [1.29, 1.82) is 0 Å². The van der Waals surface area contributed by atoms with E-state index >= 15 is 0 Å². The molecule has 19 heavy (non-hydrogen) atoms. The summed E-state index contributed by atoms with van der Waals surface area (Å²) in [6, 6.07) is 5.96. The zero-order valence-corrected chi connectivity index (χ0v) is 10.6. The highest BCUT2D eigenvalue weighted by Crippen LogP contribution is 2.28. The lowest BCUT2D eigenvalue weighted by Gasteiger charge is -2.09. The molecule has 0 unspecified atom stereocenters. The second-order valence-corrected chi connectivity index (χ2v) is 4.16. The highest BCUT2D eigenvalue weighted by atomic mass is 16.5. The van der Waals surface area contributed by atoms with E-state index in [-0.39, 0.29) is 0 Å². The number of hydrogen-bond donors (Lipinski definition) is 2. The van der Waals surface area contributed by atoms with Gasteiger partial charge in [0.15, 0.2) is 0 Å². The molecule has 0 atom stereocenters. The largest absolute Gasteiger partial charge is 0.479 e. The fourth-order valence-electron chi connectivity index (χ4n) is 2.02. The molecule has 2 N–H and O–H groups in total. The van der Waals surface area contributed by atoms with Crippen molar-refractivity contribution >= 4 is 16.6 Å². The molecule has 0 bridgehead atoms. The number of ether oxygens (including phenoxy) is 1. The molecule has 5 nitrogen and oxygen atoms in total. The maximum Gasteiger partial charge on any atom is 0.238 e. The van der Waals surface area contributed by atoms with Crippen LogP contribution in [0, 0.1) is 0 Å². The molecule has 0 fully saturated rings. The number of fused-ring (bicyclic) bond motifs is 1. The summed E-state index contributed by atoms with van der Waals surface area (Å²) in [6.07, 6.45) is 7.27. The molecule has 96 valence electrons. The number of nitrogens with one attached hydrogen (secondary N) is 2. The van der Waals surface area contributed by atoms with Crippen molar-refractivity contribution in [3.8, 4) is 5.88 Å². The van der Waals surface area contributed by atoms with Gasteiger partial charge in [0, 0.05) is 30.5 Å². The molecule has 3 rings (SSSR count). The lowest BCUT2D eigenvalue weighted by atomic mass is 10.2. The normalized spacial score (nSPS) is 10.6. The van der Waals surface area contributed by atoms with Gasteiger partial charge in [-0.3, -0.25) is 4.98 Å². The van der Waals surface area contributed by atoms with Crippen LogP contribution in [0.1, 0.15) is 5.56 Å². The molecular formula is C14H14N4O. The molecule has 0 aliphatic carbocycles. The number of nitrogens with zero attached hydrogens (tertiary/aromatic N) is 2. The van der Waals surface area contributed by atoms with Crippen molar-refractivity contribution in [2.75, 3.05) is 12.4 Å². The number of rotatable bonds is 4. The summed E-state index contributed by atoms with van der Waals surface area (Å²) in [5.41, 5.74) is 3.00. The minimum Gasteiger partial charge on any atom is -0.479 e. The van der Waals surface area contributed by atoms with Gasteiger partial charge in [-0.2, -0.15) is 0 Å². The average Bonchev–Trinajstić information content (AvgIpc) is 2.95. The van der Waals surface area contributed by atoms with Crippen molar-refractivity contribution in [3.05, 3.63) is 48.5 Å². The molecule has 0 aromatic carbocycles. The smallest absolute Gasteiger partial charge is 0.238 e. The lowest BCUT2D eigenvalue weighted by molar-refractivity contribution is 0.402. The van der Waals surface area contributed by atoms with Crippen LogP contribution in [0.2, 0.25) is 0 Å². The Morgan fingerprint density at radius 3 is 3.05 bits per heavy atom.